The number of fused-ring (bicyclic) bond motifs is 7. The van der Waals surface area contributed by atoms with Gasteiger partial charge in [-0.1, -0.05) is 166 Å². The Kier molecular flexibility index (Phi) is 7.20. The molecule has 0 bridgehead atoms. The Hall–Kier alpha value is -7.10. The summed E-state index contributed by atoms with van der Waals surface area (Å²) in [5.74, 6) is 0.716. The van der Waals surface area contributed by atoms with Crippen molar-refractivity contribution in [1.82, 2.24) is 14.5 Å². The third kappa shape index (κ3) is 4.98. The molecule has 0 spiro atoms. The highest BCUT2D eigenvalue weighted by Crippen LogP contribution is 2.53. The van der Waals surface area contributed by atoms with Gasteiger partial charge >= 0.3 is 0 Å². The first kappa shape index (κ1) is 32.3. The van der Waals surface area contributed by atoms with Crippen molar-refractivity contribution in [3.63, 3.8) is 0 Å². The largest absolute Gasteiger partial charge is 0.309 e. The average Bonchev–Trinajstić information content (AvgIpc) is 3.71. The summed E-state index contributed by atoms with van der Waals surface area (Å²) < 4.78 is 2.40. The second-order valence-electron chi connectivity index (χ2n) is 15.4. The lowest BCUT2D eigenvalue weighted by Gasteiger charge is -2.22. The number of aromatic nitrogens is 3. The number of para-hydroxylation sites is 3. The highest BCUT2D eigenvalue weighted by atomic mass is 15.0. The molecule has 3 nitrogen and oxygen atoms in total. The maximum Gasteiger partial charge on any atom is 0.160 e. The smallest absolute Gasteiger partial charge is 0.160 e. The Bertz CT molecular complexity index is 3140. The third-order valence-electron chi connectivity index (χ3n) is 11.8. The number of nitrogens with zero attached hydrogens (tertiary/aromatic N) is 3. The summed E-state index contributed by atoms with van der Waals surface area (Å²) >= 11 is 0. The molecule has 2 heterocycles. The van der Waals surface area contributed by atoms with Crippen molar-refractivity contribution in [3.05, 3.63) is 199 Å². The highest BCUT2D eigenvalue weighted by molar-refractivity contribution is 6.13. The van der Waals surface area contributed by atoms with E-state index in [4.69, 9.17) is 9.97 Å². The van der Waals surface area contributed by atoms with E-state index in [9.17, 15) is 0 Å². The zero-order valence-corrected chi connectivity index (χ0v) is 31.2. The molecular weight excluding hydrogens is 679 g/mol. The molecule has 264 valence electrons. The lowest BCUT2D eigenvalue weighted by molar-refractivity contribution is 0.661. The number of benzene rings is 8. The average molecular weight is 716 g/mol. The first-order valence-corrected chi connectivity index (χ1v) is 19.3. The molecule has 11 rings (SSSR count). The summed E-state index contributed by atoms with van der Waals surface area (Å²) in [5, 5.41) is 5.01. The Balaban J connectivity index is 1.08. The van der Waals surface area contributed by atoms with E-state index >= 15 is 0 Å². The van der Waals surface area contributed by atoms with Crippen LogP contribution in [0.2, 0.25) is 0 Å². The first-order valence-electron chi connectivity index (χ1n) is 19.3. The van der Waals surface area contributed by atoms with Crippen molar-refractivity contribution < 1.29 is 0 Å². The minimum atomic E-state index is -0.145. The lowest BCUT2D eigenvalue weighted by Crippen LogP contribution is -2.14. The summed E-state index contributed by atoms with van der Waals surface area (Å²) in [5.41, 5.74) is 16.0. The molecule has 0 N–H and O–H groups in total. The Morgan fingerprint density at radius 2 is 1.05 bits per heavy atom. The lowest BCUT2D eigenvalue weighted by atomic mass is 9.81. The molecule has 0 radical (unpaired) electrons. The molecule has 0 amide bonds. The van der Waals surface area contributed by atoms with Gasteiger partial charge in [-0.25, -0.2) is 9.97 Å². The zero-order valence-electron chi connectivity index (χ0n) is 31.2. The Labute approximate surface area is 326 Å². The van der Waals surface area contributed by atoms with Crippen molar-refractivity contribution in [2.75, 3.05) is 0 Å². The summed E-state index contributed by atoms with van der Waals surface area (Å²) in [7, 11) is 0. The molecule has 56 heavy (non-hydrogen) atoms. The first-order chi connectivity index (χ1) is 27.5. The van der Waals surface area contributed by atoms with E-state index in [2.05, 4.69) is 200 Å². The molecule has 0 saturated heterocycles. The molecule has 1 aliphatic rings. The quantitative estimate of drug-likeness (QED) is 0.178. The minimum absolute atomic E-state index is 0.145. The maximum absolute atomic E-state index is 5.30. The minimum Gasteiger partial charge on any atom is -0.309 e. The predicted octanol–water partition coefficient (Wildman–Crippen LogP) is 13.7. The molecular formula is C53H37N3. The predicted molar refractivity (Wildman–Crippen MR) is 233 cm³/mol. The van der Waals surface area contributed by atoms with E-state index in [1.807, 2.05) is 6.07 Å². The molecule has 0 atom stereocenters. The molecule has 0 saturated carbocycles. The Morgan fingerprint density at radius 1 is 0.429 bits per heavy atom. The van der Waals surface area contributed by atoms with E-state index in [1.165, 1.54) is 60.4 Å². The molecule has 1 aliphatic carbocycles. The van der Waals surface area contributed by atoms with E-state index in [0.29, 0.717) is 5.82 Å². The van der Waals surface area contributed by atoms with Crippen molar-refractivity contribution in [2.45, 2.75) is 19.3 Å². The Morgan fingerprint density at radius 3 is 1.86 bits per heavy atom. The van der Waals surface area contributed by atoms with Crippen molar-refractivity contribution in [3.8, 4) is 61.8 Å². The van der Waals surface area contributed by atoms with Gasteiger partial charge in [0.2, 0.25) is 0 Å². The summed E-state index contributed by atoms with van der Waals surface area (Å²) in [6, 6.07) is 67.6. The topological polar surface area (TPSA) is 30.7 Å². The van der Waals surface area contributed by atoms with Gasteiger partial charge < -0.3 is 4.57 Å². The highest BCUT2D eigenvalue weighted by Gasteiger charge is 2.37. The summed E-state index contributed by atoms with van der Waals surface area (Å²) in [4.78, 5) is 10.5. The van der Waals surface area contributed by atoms with Gasteiger partial charge in [-0.05, 0) is 75.0 Å². The van der Waals surface area contributed by atoms with Gasteiger partial charge in [0.15, 0.2) is 5.82 Å². The fourth-order valence-corrected chi connectivity index (χ4v) is 9.05. The van der Waals surface area contributed by atoms with Gasteiger partial charge in [-0.2, -0.15) is 0 Å². The number of hydrogen-bond donors (Lipinski definition) is 0. The molecule has 0 fully saturated rings. The molecule has 2 aromatic heterocycles. The van der Waals surface area contributed by atoms with Crippen LogP contribution in [0, 0.1) is 0 Å². The van der Waals surface area contributed by atoms with E-state index in [0.717, 1.165) is 39.3 Å². The molecule has 10 aromatic rings. The van der Waals surface area contributed by atoms with Gasteiger partial charge in [0.05, 0.1) is 22.4 Å². The number of rotatable bonds is 5. The van der Waals surface area contributed by atoms with Crippen LogP contribution in [-0.4, -0.2) is 14.5 Å². The van der Waals surface area contributed by atoms with Gasteiger partial charge in [-0.15, -0.1) is 0 Å². The zero-order chi connectivity index (χ0) is 37.4. The summed E-state index contributed by atoms with van der Waals surface area (Å²) in [6.45, 7) is 4.69. The van der Waals surface area contributed by atoms with Crippen LogP contribution in [0.4, 0.5) is 0 Å². The molecule has 8 aromatic carbocycles. The third-order valence-corrected chi connectivity index (χ3v) is 11.8. The van der Waals surface area contributed by atoms with Crippen LogP contribution >= 0.6 is 0 Å². The van der Waals surface area contributed by atoms with Crippen LogP contribution in [0.1, 0.15) is 25.0 Å². The number of hydrogen-bond acceptors (Lipinski definition) is 2. The second-order valence-corrected chi connectivity index (χ2v) is 15.4. The van der Waals surface area contributed by atoms with E-state index in [-0.39, 0.29) is 5.41 Å². The standard InChI is InChI=1S/C53H37N3/c1-53(2)45-25-14-24-43(50(45)44-31-37-17-9-10-18-38(37)32-46(44)53)48-33-47(54-52(55-48)36-15-5-3-6-16-36)35-29-27-34(28-30-35)40-22-13-23-42-41-21-11-12-26-49(41)56(51(40)42)39-19-7-4-8-20-39/h3-33H,1-2H3. The van der Waals surface area contributed by atoms with Gasteiger partial charge in [0.1, 0.15) is 0 Å². The van der Waals surface area contributed by atoms with E-state index < -0.39 is 0 Å². The van der Waals surface area contributed by atoms with Crippen LogP contribution in [0.5, 0.6) is 0 Å². The summed E-state index contributed by atoms with van der Waals surface area (Å²) in [6.07, 6.45) is 0. The van der Waals surface area contributed by atoms with Gasteiger partial charge in [-0.3, -0.25) is 0 Å². The van der Waals surface area contributed by atoms with Gasteiger partial charge in [0, 0.05) is 44.1 Å². The fraction of sp³-hybridized carbons (Fsp3) is 0.0566. The maximum atomic E-state index is 5.30. The van der Waals surface area contributed by atoms with Crippen LogP contribution in [0.15, 0.2) is 188 Å². The monoisotopic (exact) mass is 715 g/mol. The van der Waals surface area contributed by atoms with Crippen LogP contribution < -0.4 is 0 Å². The normalized spacial score (nSPS) is 13.0. The van der Waals surface area contributed by atoms with E-state index in [1.54, 1.807) is 0 Å². The van der Waals surface area contributed by atoms with Crippen molar-refractivity contribution >= 4 is 32.6 Å². The van der Waals surface area contributed by atoms with Crippen LogP contribution in [0.3, 0.4) is 0 Å². The van der Waals surface area contributed by atoms with Gasteiger partial charge in [0.25, 0.3) is 0 Å². The molecule has 3 heteroatoms. The SMILES string of the molecule is CC1(C)c2cc3ccccc3cc2-c2c(-c3cc(-c4ccc(-c5cccc6c7ccccc7n(-c7ccccc7)c56)cc4)nc(-c4ccccc4)n3)cccc21. The fourth-order valence-electron chi connectivity index (χ4n) is 9.05. The molecule has 0 unspecified atom stereocenters. The molecule has 0 aliphatic heterocycles. The van der Waals surface area contributed by atoms with Crippen molar-refractivity contribution in [2.24, 2.45) is 0 Å². The van der Waals surface area contributed by atoms with Crippen LogP contribution in [0.25, 0.3) is 94.4 Å². The van der Waals surface area contributed by atoms with Crippen LogP contribution in [-0.2, 0) is 5.41 Å². The second kappa shape index (κ2) is 12.5. The van der Waals surface area contributed by atoms with Crippen molar-refractivity contribution in [1.29, 1.82) is 0 Å².